The Bertz CT molecular complexity index is 912. The summed E-state index contributed by atoms with van der Waals surface area (Å²) < 4.78 is 33.0. The highest BCUT2D eigenvalue weighted by Crippen LogP contribution is 2.28. The van der Waals surface area contributed by atoms with Gasteiger partial charge >= 0.3 is 0 Å². The number of anilines is 1. The Morgan fingerprint density at radius 1 is 1.11 bits per heavy atom. The van der Waals surface area contributed by atoms with E-state index in [4.69, 9.17) is 16.3 Å². The van der Waals surface area contributed by atoms with E-state index in [2.05, 4.69) is 10.0 Å². The molecule has 0 aliphatic rings. The second-order valence-electron chi connectivity index (χ2n) is 6.49. The predicted octanol–water partition coefficient (Wildman–Crippen LogP) is 3.60. The number of carbonyl (C=O) groups is 1. The number of aryl methyl sites for hydroxylation is 1. The van der Waals surface area contributed by atoms with Crippen LogP contribution in [0.25, 0.3) is 0 Å². The molecule has 0 radical (unpaired) electrons. The third-order valence-corrected chi connectivity index (χ3v) is 5.67. The monoisotopic (exact) mass is 410 g/mol. The molecule has 0 spiro atoms. The number of hydrogen-bond donors (Lipinski definition) is 2. The van der Waals surface area contributed by atoms with Crippen molar-refractivity contribution in [2.24, 2.45) is 5.92 Å². The maximum atomic E-state index is 12.8. The van der Waals surface area contributed by atoms with E-state index in [-0.39, 0.29) is 10.8 Å². The van der Waals surface area contributed by atoms with Crippen molar-refractivity contribution in [2.75, 3.05) is 12.4 Å². The lowest BCUT2D eigenvalue weighted by molar-refractivity contribution is -0.118. The maximum Gasteiger partial charge on any atom is 0.242 e. The van der Waals surface area contributed by atoms with E-state index in [0.29, 0.717) is 16.5 Å². The number of carbonyl (C=O) groups excluding carboxylic acids is 1. The molecule has 0 saturated heterocycles. The summed E-state index contributed by atoms with van der Waals surface area (Å²) in [6.07, 6.45) is 0. The third-order valence-electron chi connectivity index (χ3n) is 3.98. The standard InChI is InChI=1S/C19H23ClN2O4S/c1-12(2)18(22-27(24,25)15-8-5-13(3)6-9-15)19(23)21-16-11-14(20)7-10-17(16)26-4/h5-12,18,22H,1-4H3,(H,21,23)/t18-/m0/s1. The van der Waals surface area contributed by atoms with Crippen molar-refractivity contribution in [2.45, 2.75) is 31.7 Å². The first-order chi connectivity index (χ1) is 12.6. The van der Waals surface area contributed by atoms with Gasteiger partial charge in [0.05, 0.1) is 17.7 Å². The van der Waals surface area contributed by atoms with Gasteiger partial charge in [0.2, 0.25) is 15.9 Å². The molecule has 8 heteroatoms. The molecule has 0 unspecified atom stereocenters. The second kappa shape index (κ2) is 8.73. The molecule has 1 atom stereocenters. The molecule has 2 rings (SSSR count). The number of nitrogens with one attached hydrogen (secondary N) is 2. The van der Waals surface area contributed by atoms with Gasteiger partial charge < -0.3 is 10.1 Å². The van der Waals surface area contributed by atoms with Gasteiger partial charge in [-0.1, -0.05) is 43.1 Å². The molecular weight excluding hydrogens is 388 g/mol. The minimum atomic E-state index is -3.85. The van der Waals surface area contributed by atoms with E-state index in [9.17, 15) is 13.2 Å². The van der Waals surface area contributed by atoms with Gasteiger partial charge in [-0.25, -0.2) is 8.42 Å². The number of sulfonamides is 1. The van der Waals surface area contributed by atoms with Crippen molar-refractivity contribution in [3.63, 3.8) is 0 Å². The quantitative estimate of drug-likeness (QED) is 0.730. The van der Waals surface area contributed by atoms with Crippen molar-refractivity contribution in [3.8, 4) is 5.75 Å². The van der Waals surface area contributed by atoms with Crippen LogP contribution in [0.2, 0.25) is 5.02 Å². The van der Waals surface area contributed by atoms with Crippen LogP contribution in [0, 0.1) is 12.8 Å². The van der Waals surface area contributed by atoms with Crippen molar-refractivity contribution in [3.05, 3.63) is 53.1 Å². The Hall–Kier alpha value is -2.09. The zero-order chi connectivity index (χ0) is 20.2. The Morgan fingerprint density at radius 2 is 1.74 bits per heavy atom. The average Bonchev–Trinajstić information content (AvgIpc) is 2.60. The summed E-state index contributed by atoms with van der Waals surface area (Å²) in [5.41, 5.74) is 1.32. The van der Waals surface area contributed by atoms with Crippen LogP contribution >= 0.6 is 11.6 Å². The van der Waals surface area contributed by atoms with Crippen LogP contribution in [0.4, 0.5) is 5.69 Å². The predicted molar refractivity (Wildman–Crippen MR) is 107 cm³/mol. The van der Waals surface area contributed by atoms with E-state index in [0.717, 1.165) is 5.56 Å². The molecule has 2 aromatic carbocycles. The topological polar surface area (TPSA) is 84.5 Å². The molecule has 0 aliphatic heterocycles. The third kappa shape index (κ3) is 5.45. The second-order valence-corrected chi connectivity index (χ2v) is 8.64. The number of amides is 1. The Labute approximate surface area is 164 Å². The summed E-state index contributed by atoms with van der Waals surface area (Å²) in [4.78, 5) is 12.9. The van der Waals surface area contributed by atoms with E-state index in [1.165, 1.54) is 19.2 Å². The molecule has 1 amide bonds. The van der Waals surface area contributed by atoms with Gasteiger partial charge in [0.15, 0.2) is 0 Å². The molecule has 2 aromatic rings. The lowest BCUT2D eigenvalue weighted by Gasteiger charge is -2.22. The Balaban J connectivity index is 2.25. The fraction of sp³-hybridized carbons (Fsp3) is 0.316. The SMILES string of the molecule is COc1ccc(Cl)cc1NC(=O)[C@@H](NS(=O)(=O)c1ccc(C)cc1)C(C)C. The van der Waals surface area contributed by atoms with Gasteiger partial charge in [-0.3, -0.25) is 4.79 Å². The maximum absolute atomic E-state index is 12.8. The van der Waals surface area contributed by atoms with Crippen molar-refractivity contribution in [1.82, 2.24) is 4.72 Å². The minimum absolute atomic E-state index is 0.104. The molecule has 2 N–H and O–H groups in total. The van der Waals surface area contributed by atoms with Gasteiger partial charge in [0.25, 0.3) is 0 Å². The van der Waals surface area contributed by atoms with E-state index in [1.54, 1.807) is 44.2 Å². The zero-order valence-electron chi connectivity index (χ0n) is 15.6. The lowest BCUT2D eigenvalue weighted by atomic mass is 10.0. The molecule has 0 saturated carbocycles. The molecular formula is C19H23ClN2O4S. The molecule has 146 valence electrons. The molecule has 0 fully saturated rings. The molecule has 27 heavy (non-hydrogen) atoms. The lowest BCUT2D eigenvalue weighted by Crippen LogP contribution is -2.47. The fourth-order valence-electron chi connectivity index (χ4n) is 2.43. The van der Waals surface area contributed by atoms with Crippen molar-refractivity contribution < 1.29 is 17.9 Å². The molecule has 0 aliphatic carbocycles. The average molecular weight is 411 g/mol. The van der Waals surface area contributed by atoms with Gasteiger partial charge in [-0.05, 0) is 43.2 Å². The van der Waals surface area contributed by atoms with Crippen LogP contribution in [0.15, 0.2) is 47.4 Å². The molecule has 0 aromatic heterocycles. The van der Waals surface area contributed by atoms with Gasteiger partial charge in [0.1, 0.15) is 11.8 Å². The number of halogens is 1. The van der Waals surface area contributed by atoms with Gasteiger partial charge in [-0.15, -0.1) is 0 Å². The first-order valence-electron chi connectivity index (χ1n) is 8.37. The summed E-state index contributed by atoms with van der Waals surface area (Å²) in [6, 6.07) is 10.3. The highest BCUT2D eigenvalue weighted by Gasteiger charge is 2.29. The van der Waals surface area contributed by atoms with Crippen LogP contribution in [0.1, 0.15) is 19.4 Å². The molecule has 0 bridgehead atoms. The smallest absolute Gasteiger partial charge is 0.242 e. The first kappa shape index (κ1) is 21.2. The number of methoxy groups -OCH3 is 1. The summed E-state index contributed by atoms with van der Waals surface area (Å²) in [6.45, 7) is 5.39. The number of hydrogen-bond acceptors (Lipinski definition) is 4. The first-order valence-corrected chi connectivity index (χ1v) is 10.2. The Morgan fingerprint density at radius 3 is 2.30 bits per heavy atom. The van der Waals surface area contributed by atoms with Crippen LogP contribution in [0.5, 0.6) is 5.75 Å². The van der Waals surface area contributed by atoms with E-state index < -0.39 is 22.0 Å². The number of ether oxygens (including phenoxy) is 1. The van der Waals surface area contributed by atoms with Crippen molar-refractivity contribution >= 4 is 33.2 Å². The van der Waals surface area contributed by atoms with Gasteiger partial charge in [-0.2, -0.15) is 4.72 Å². The summed E-state index contributed by atoms with van der Waals surface area (Å²) in [7, 11) is -2.38. The number of benzene rings is 2. The van der Waals surface area contributed by atoms with E-state index >= 15 is 0 Å². The highest BCUT2D eigenvalue weighted by molar-refractivity contribution is 7.89. The largest absolute Gasteiger partial charge is 0.495 e. The van der Waals surface area contributed by atoms with Crippen LogP contribution < -0.4 is 14.8 Å². The van der Waals surface area contributed by atoms with Crippen LogP contribution in [-0.2, 0) is 14.8 Å². The summed E-state index contributed by atoms with van der Waals surface area (Å²) in [5.74, 6) is -0.353. The fourth-order valence-corrected chi connectivity index (χ4v) is 3.95. The summed E-state index contributed by atoms with van der Waals surface area (Å²) in [5, 5.41) is 3.12. The molecule has 6 nitrogen and oxygen atoms in total. The van der Waals surface area contributed by atoms with Gasteiger partial charge in [0, 0.05) is 5.02 Å². The van der Waals surface area contributed by atoms with Crippen molar-refractivity contribution in [1.29, 1.82) is 0 Å². The van der Waals surface area contributed by atoms with E-state index in [1.807, 2.05) is 6.92 Å². The number of rotatable bonds is 7. The highest BCUT2D eigenvalue weighted by atomic mass is 35.5. The summed E-state index contributed by atoms with van der Waals surface area (Å²) >= 11 is 5.98. The van der Waals surface area contributed by atoms with Crippen LogP contribution in [-0.4, -0.2) is 27.5 Å². The Kier molecular flexibility index (Phi) is 6.86. The zero-order valence-corrected chi connectivity index (χ0v) is 17.2. The normalized spacial score (nSPS) is 12.7. The minimum Gasteiger partial charge on any atom is -0.495 e. The molecule has 0 heterocycles. The van der Waals surface area contributed by atoms with Crippen LogP contribution in [0.3, 0.4) is 0 Å².